The van der Waals surface area contributed by atoms with Gasteiger partial charge in [0.25, 0.3) is 5.91 Å². The largest absolute Gasteiger partial charge is 0.435 e. The van der Waals surface area contributed by atoms with Crippen molar-refractivity contribution < 1.29 is 13.6 Å². The molecular formula is C18H24FN3O2. The highest BCUT2D eigenvalue weighted by Gasteiger charge is 2.20. The fourth-order valence-electron chi connectivity index (χ4n) is 2.57. The Kier molecular flexibility index (Phi) is 6.09. The van der Waals surface area contributed by atoms with Crippen molar-refractivity contribution in [2.75, 3.05) is 20.6 Å². The Morgan fingerprint density at radius 1 is 1.42 bits per heavy atom. The van der Waals surface area contributed by atoms with E-state index in [1.807, 2.05) is 32.0 Å². The van der Waals surface area contributed by atoms with E-state index in [0.717, 1.165) is 12.0 Å². The van der Waals surface area contributed by atoms with Crippen LogP contribution >= 0.6 is 0 Å². The Morgan fingerprint density at radius 3 is 2.79 bits per heavy atom. The minimum absolute atomic E-state index is 0.136. The van der Waals surface area contributed by atoms with Crippen molar-refractivity contribution in [3.8, 4) is 0 Å². The van der Waals surface area contributed by atoms with Gasteiger partial charge in [0.05, 0.1) is 11.7 Å². The van der Waals surface area contributed by atoms with Gasteiger partial charge in [-0.3, -0.25) is 4.79 Å². The maximum atomic E-state index is 13.5. The third kappa shape index (κ3) is 4.41. The van der Waals surface area contributed by atoms with Crippen LogP contribution in [0.15, 0.2) is 28.7 Å². The zero-order chi connectivity index (χ0) is 17.7. The molecule has 1 atom stereocenters. The average Bonchev–Trinajstić information content (AvgIpc) is 2.88. The Hall–Kier alpha value is -2.21. The molecule has 5 nitrogen and oxygen atoms in total. The summed E-state index contributed by atoms with van der Waals surface area (Å²) in [5.41, 5.74) is 1.39. The molecule has 1 unspecified atom stereocenters. The molecule has 2 aromatic rings. The van der Waals surface area contributed by atoms with Crippen LogP contribution in [0.1, 0.15) is 47.1 Å². The van der Waals surface area contributed by atoms with Gasteiger partial charge >= 0.3 is 0 Å². The van der Waals surface area contributed by atoms with E-state index in [1.54, 1.807) is 13.0 Å². The highest BCUT2D eigenvalue weighted by molar-refractivity contribution is 5.92. The molecule has 2 rings (SSSR count). The molecule has 0 saturated heterocycles. The Labute approximate surface area is 141 Å². The molecule has 130 valence electrons. The maximum Gasteiger partial charge on any atom is 0.289 e. The number of halogens is 1. The molecule has 0 saturated carbocycles. The molecule has 1 aromatic heterocycles. The van der Waals surface area contributed by atoms with E-state index in [0.29, 0.717) is 24.6 Å². The smallest absolute Gasteiger partial charge is 0.289 e. The lowest BCUT2D eigenvalue weighted by Crippen LogP contribution is -2.34. The number of carbonyl (C=O) groups is 1. The van der Waals surface area contributed by atoms with E-state index < -0.39 is 0 Å². The molecule has 0 spiro atoms. The standard InChI is InChI=1S/C18H24FN3O2/c1-5-7-16-21-12(2)17(24-16)18(23)20-11-15(22(3)4)13-8-6-9-14(19)10-13/h6,8-10,15H,5,7,11H2,1-4H3,(H,20,23). The van der Waals surface area contributed by atoms with Crippen LogP contribution in [-0.2, 0) is 6.42 Å². The molecule has 0 radical (unpaired) electrons. The Morgan fingerprint density at radius 2 is 2.17 bits per heavy atom. The predicted molar refractivity (Wildman–Crippen MR) is 90.4 cm³/mol. The number of benzene rings is 1. The number of hydrogen-bond acceptors (Lipinski definition) is 4. The van der Waals surface area contributed by atoms with Crippen LogP contribution in [0.4, 0.5) is 4.39 Å². The summed E-state index contributed by atoms with van der Waals surface area (Å²) in [7, 11) is 3.78. The number of hydrogen-bond donors (Lipinski definition) is 1. The number of nitrogens with one attached hydrogen (secondary N) is 1. The Balaban J connectivity index is 2.08. The minimum Gasteiger partial charge on any atom is -0.435 e. The van der Waals surface area contributed by atoms with Gasteiger partial charge in [-0.05, 0) is 45.1 Å². The van der Waals surface area contributed by atoms with Crippen molar-refractivity contribution in [1.29, 1.82) is 0 Å². The van der Waals surface area contributed by atoms with E-state index >= 15 is 0 Å². The van der Waals surface area contributed by atoms with E-state index in [9.17, 15) is 9.18 Å². The van der Waals surface area contributed by atoms with E-state index in [2.05, 4.69) is 10.3 Å². The summed E-state index contributed by atoms with van der Waals surface area (Å²) in [5.74, 6) is 0.233. The first-order chi connectivity index (χ1) is 11.4. The number of amides is 1. The number of oxazole rings is 1. The van der Waals surface area contributed by atoms with Crippen molar-refractivity contribution in [1.82, 2.24) is 15.2 Å². The zero-order valence-electron chi connectivity index (χ0n) is 14.6. The van der Waals surface area contributed by atoms with Gasteiger partial charge in [-0.1, -0.05) is 19.1 Å². The topological polar surface area (TPSA) is 58.4 Å². The van der Waals surface area contributed by atoms with Crippen LogP contribution in [0.3, 0.4) is 0 Å². The summed E-state index contributed by atoms with van der Waals surface area (Å²) in [4.78, 5) is 18.6. The molecule has 1 N–H and O–H groups in total. The van der Waals surface area contributed by atoms with Crippen molar-refractivity contribution in [3.05, 3.63) is 53.0 Å². The molecule has 0 aliphatic carbocycles. The van der Waals surface area contributed by atoms with E-state index in [1.165, 1.54) is 12.1 Å². The second-order valence-electron chi connectivity index (χ2n) is 6.02. The first-order valence-corrected chi connectivity index (χ1v) is 8.08. The van der Waals surface area contributed by atoms with Crippen molar-refractivity contribution in [2.45, 2.75) is 32.7 Å². The molecular weight excluding hydrogens is 309 g/mol. The first-order valence-electron chi connectivity index (χ1n) is 8.08. The normalized spacial score (nSPS) is 12.4. The third-order valence-corrected chi connectivity index (χ3v) is 3.82. The quantitative estimate of drug-likeness (QED) is 0.846. The molecule has 0 fully saturated rings. The lowest BCUT2D eigenvalue weighted by molar-refractivity contribution is 0.0911. The average molecular weight is 333 g/mol. The van der Waals surface area contributed by atoms with Crippen LogP contribution in [0.5, 0.6) is 0 Å². The molecule has 1 aromatic carbocycles. The maximum absolute atomic E-state index is 13.5. The number of rotatable bonds is 7. The van der Waals surface area contributed by atoms with Crippen LogP contribution in [0, 0.1) is 12.7 Å². The highest BCUT2D eigenvalue weighted by atomic mass is 19.1. The molecule has 0 aliphatic rings. The van der Waals surface area contributed by atoms with Gasteiger partial charge in [-0.2, -0.15) is 0 Å². The number of carbonyl (C=O) groups excluding carboxylic acids is 1. The van der Waals surface area contributed by atoms with Crippen LogP contribution < -0.4 is 5.32 Å². The van der Waals surface area contributed by atoms with Gasteiger partial charge in [0.2, 0.25) is 5.76 Å². The predicted octanol–water partition coefficient (Wildman–Crippen LogP) is 3.11. The molecule has 0 aliphatic heterocycles. The van der Waals surface area contributed by atoms with E-state index in [-0.39, 0.29) is 23.5 Å². The van der Waals surface area contributed by atoms with Gasteiger partial charge in [-0.15, -0.1) is 0 Å². The number of nitrogens with zero attached hydrogens (tertiary/aromatic N) is 2. The van der Waals surface area contributed by atoms with Gasteiger partial charge in [0, 0.05) is 13.0 Å². The lowest BCUT2D eigenvalue weighted by Gasteiger charge is -2.25. The van der Waals surface area contributed by atoms with Gasteiger partial charge in [0.15, 0.2) is 5.89 Å². The summed E-state index contributed by atoms with van der Waals surface area (Å²) in [6.45, 7) is 4.13. The summed E-state index contributed by atoms with van der Waals surface area (Å²) in [6.07, 6.45) is 1.61. The third-order valence-electron chi connectivity index (χ3n) is 3.82. The summed E-state index contributed by atoms with van der Waals surface area (Å²) in [6, 6.07) is 6.26. The lowest BCUT2D eigenvalue weighted by atomic mass is 10.1. The van der Waals surface area contributed by atoms with Gasteiger partial charge < -0.3 is 14.6 Å². The summed E-state index contributed by atoms with van der Waals surface area (Å²) < 4.78 is 19.0. The van der Waals surface area contributed by atoms with Crippen molar-refractivity contribution >= 4 is 5.91 Å². The first kappa shape index (κ1) is 18.1. The monoisotopic (exact) mass is 333 g/mol. The van der Waals surface area contributed by atoms with Crippen LogP contribution in [-0.4, -0.2) is 36.4 Å². The van der Waals surface area contributed by atoms with E-state index in [4.69, 9.17) is 4.42 Å². The fraction of sp³-hybridized carbons (Fsp3) is 0.444. The number of aryl methyl sites for hydroxylation is 2. The second-order valence-corrected chi connectivity index (χ2v) is 6.02. The molecule has 1 heterocycles. The SMILES string of the molecule is CCCc1nc(C)c(C(=O)NCC(c2cccc(F)c2)N(C)C)o1. The zero-order valence-corrected chi connectivity index (χ0v) is 14.6. The van der Waals surface area contributed by atoms with Crippen molar-refractivity contribution in [2.24, 2.45) is 0 Å². The molecule has 1 amide bonds. The molecule has 0 bridgehead atoms. The Bertz CT molecular complexity index is 697. The van der Waals surface area contributed by atoms with Gasteiger partial charge in [-0.25, -0.2) is 9.37 Å². The number of likely N-dealkylation sites (N-methyl/N-ethyl adjacent to an activating group) is 1. The number of aromatic nitrogens is 1. The minimum atomic E-state index is -0.300. The summed E-state index contributed by atoms with van der Waals surface area (Å²) in [5, 5.41) is 2.86. The van der Waals surface area contributed by atoms with Crippen molar-refractivity contribution in [3.63, 3.8) is 0 Å². The summed E-state index contributed by atoms with van der Waals surface area (Å²) >= 11 is 0. The van der Waals surface area contributed by atoms with Gasteiger partial charge in [0.1, 0.15) is 5.82 Å². The van der Waals surface area contributed by atoms with Crippen LogP contribution in [0.2, 0.25) is 0 Å². The van der Waals surface area contributed by atoms with Crippen LogP contribution in [0.25, 0.3) is 0 Å². The molecule has 24 heavy (non-hydrogen) atoms. The molecule has 6 heteroatoms. The fourth-order valence-corrected chi connectivity index (χ4v) is 2.57. The highest BCUT2D eigenvalue weighted by Crippen LogP contribution is 2.19. The second kappa shape index (κ2) is 8.06.